The van der Waals surface area contributed by atoms with Gasteiger partial charge < -0.3 is 10.0 Å². The summed E-state index contributed by atoms with van der Waals surface area (Å²) in [4.78, 5) is 12.9. The van der Waals surface area contributed by atoms with Crippen molar-refractivity contribution in [1.82, 2.24) is 0 Å². The number of carbonyl (C=O) groups is 1. The van der Waals surface area contributed by atoms with Gasteiger partial charge in [-0.25, -0.2) is 4.39 Å². The van der Waals surface area contributed by atoms with Gasteiger partial charge in [-0.15, -0.1) is 6.58 Å². The van der Waals surface area contributed by atoms with Crippen LogP contribution in [-0.2, 0) is 4.79 Å². The fourth-order valence-electron chi connectivity index (χ4n) is 1.88. The summed E-state index contributed by atoms with van der Waals surface area (Å²) >= 11 is 0. The zero-order chi connectivity index (χ0) is 11.7. The summed E-state index contributed by atoms with van der Waals surface area (Å²) < 4.78 is 13.5. The molecule has 1 aromatic carbocycles. The van der Waals surface area contributed by atoms with Crippen molar-refractivity contribution >= 4 is 11.6 Å². The minimum Gasteiger partial charge on any atom is -0.506 e. The molecular weight excluding hydrogens is 209 g/mol. The molecule has 1 aliphatic rings. The molecule has 84 valence electrons. The number of amides is 1. The first-order valence-electron chi connectivity index (χ1n) is 5.04. The van der Waals surface area contributed by atoms with Gasteiger partial charge in [-0.05, 0) is 12.1 Å². The van der Waals surface area contributed by atoms with Crippen LogP contribution in [0.2, 0.25) is 0 Å². The van der Waals surface area contributed by atoms with Crippen LogP contribution in [0.25, 0.3) is 0 Å². The molecule has 0 spiro atoms. The van der Waals surface area contributed by atoms with Crippen molar-refractivity contribution in [2.45, 2.75) is 6.42 Å². The molecule has 1 saturated heterocycles. The van der Waals surface area contributed by atoms with Crippen molar-refractivity contribution in [3.8, 4) is 5.75 Å². The predicted octanol–water partition coefficient (Wildman–Crippen LogP) is 2.07. The summed E-state index contributed by atoms with van der Waals surface area (Å²) in [5.41, 5.74) is -0.0307. The molecule has 1 N–H and O–H groups in total. The monoisotopic (exact) mass is 221 g/mol. The Bertz CT molecular complexity index is 424. The second-order valence-corrected chi connectivity index (χ2v) is 3.81. The molecule has 1 aromatic rings. The van der Waals surface area contributed by atoms with Crippen LogP contribution in [0.4, 0.5) is 10.1 Å². The van der Waals surface area contributed by atoms with Gasteiger partial charge in [-0.3, -0.25) is 4.79 Å². The van der Waals surface area contributed by atoms with Crippen LogP contribution in [0.3, 0.4) is 0 Å². The molecule has 1 unspecified atom stereocenters. The van der Waals surface area contributed by atoms with Gasteiger partial charge in [0.1, 0.15) is 11.4 Å². The van der Waals surface area contributed by atoms with Crippen LogP contribution in [0, 0.1) is 11.7 Å². The Kier molecular flexibility index (Phi) is 2.64. The van der Waals surface area contributed by atoms with Crippen molar-refractivity contribution in [2.75, 3.05) is 11.4 Å². The van der Waals surface area contributed by atoms with Gasteiger partial charge in [0.25, 0.3) is 0 Å². The number of anilines is 1. The van der Waals surface area contributed by atoms with Crippen LogP contribution in [-0.4, -0.2) is 17.6 Å². The fraction of sp³-hybridized carbons (Fsp3) is 0.250. The number of rotatable bonds is 2. The average Bonchev–Trinajstić information content (AvgIpc) is 2.60. The Labute approximate surface area is 92.8 Å². The summed E-state index contributed by atoms with van der Waals surface area (Å²) in [6.07, 6.45) is 1.99. The van der Waals surface area contributed by atoms with E-state index >= 15 is 0 Å². The number of phenolic OH excluding ortho intramolecular Hbond substituents is 1. The lowest BCUT2D eigenvalue weighted by atomic mass is 10.1. The van der Waals surface area contributed by atoms with Gasteiger partial charge >= 0.3 is 0 Å². The molecule has 4 heteroatoms. The topological polar surface area (TPSA) is 40.5 Å². The number of carbonyl (C=O) groups excluding carboxylic acids is 1. The van der Waals surface area contributed by atoms with E-state index in [-0.39, 0.29) is 23.3 Å². The molecule has 3 nitrogen and oxygen atoms in total. The Hall–Kier alpha value is -1.84. The quantitative estimate of drug-likeness (QED) is 0.776. The van der Waals surface area contributed by atoms with E-state index in [2.05, 4.69) is 6.58 Å². The number of halogens is 1. The molecule has 0 saturated carbocycles. The minimum atomic E-state index is -0.585. The van der Waals surface area contributed by atoms with E-state index in [0.717, 1.165) is 0 Å². The maximum Gasteiger partial charge on any atom is 0.227 e. The van der Waals surface area contributed by atoms with Gasteiger partial charge in [-0.2, -0.15) is 0 Å². The molecule has 1 amide bonds. The predicted molar refractivity (Wildman–Crippen MR) is 58.7 cm³/mol. The summed E-state index contributed by atoms with van der Waals surface area (Å²) in [6, 6.07) is 4.00. The fourth-order valence-corrected chi connectivity index (χ4v) is 1.88. The van der Waals surface area contributed by atoms with Crippen LogP contribution in [0.15, 0.2) is 30.9 Å². The molecule has 16 heavy (non-hydrogen) atoms. The minimum absolute atomic E-state index is 0.0199. The second-order valence-electron chi connectivity index (χ2n) is 3.81. The number of aromatic hydroxyl groups is 1. The molecule has 1 fully saturated rings. The van der Waals surface area contributed by atoms with E-state index in [1.165, 1.54) is 23.1 Å². The summed E-state index contributed by atoms with van der Waals surface area (Å²) in [5.74, 6) is -0.965. The molecule has 1 atom stereocenters. The van der Waals surface area contributed by atoms with E-state index in [9.17, 15) is 14.3 Å². The van der Waals surface area contributed by atoms with Gasteiger partial charge in [0, 0.05) is 18.9 Å². The highest BCUT2D eigenvalue weighted by Crippen LogP contribution is 2.34. The Morgan fingerprint density at radius 2 is 2.31 bits per heavy atom. The van der Waals surface area contributed by atoms with E-state index in [4.69, 9.17) is 0 Å². The number of phenols is 1. The number of hydrogen-bond acceptors (Lipinski definition) is 2. The Balaban J connectivity index is 2.38. The van der Waals surface area contributed by atoms with Crippen LogP contribution in [0.5, 0.6) is 5.75 Å². The lowest BCUT2D eigenvalue weighted by Gasteiger charge is -2.18. The van der Waals surface area contributed by atoms with Crippen molar-refractivity contribution < 1.29 is 14.3 Å². The van der Waals surface area contributed by atoms with Gasteiger partial charge in [0.2, 0.25) is 5.91 Å². The zero-order valence-corrected chi connectivity index (χ0v) is 8.69. The van der Waals surface area contributed by atoms with Gasteiger partial charge in [0.05, 0.1) is 0 Å². The van der Waals surface area contributed by atoms with E-state index in [1.54, 1.807) is 6.08 Å². The molecule has 2 rings (SSSR count). The van der Waals surface area contributed by atoms with Crippen LogP contribution < -0.4 is 4.90 Å². The Morgan fingerprint density at radius 1 is 1.56 bits per heavy atom. The van der Waals surface area contributed by atoms with E-state index < -0.39 is 5.82 Å². The third-order valence-electron chi connectivity index (χ3n) is 2.72. The highest BCUT2D eigenvalue weighted by atomic mass is 19.1. The SMILES string of the molecule is C=CC1CC(=O)N(c2c(O)cccc2F)C1. The molecule has 1 heterocycles. The Morgan fingerprint density at radius 3 is 2.88 bits per heavy atom. The van der Waals surface area contributed by atoms with Crippen molar-refractivity contribution in [3.63, 3.8) is 0 Å². The normalized spacial score (nSPS) is 20.2. The number of para-hydroxylation sites is 1. The number of benzene rings is 1. The molecular formula is C12H12FNO2. The van der Waals surface area contributed by atoms with Crippen LogP contribution in [0.1, 0.15) is 6.42 Å². The highest BCUT2D eigenvalue weighted by molar-refractivity contribution is 5.97. The molecule has 0 radical (unpaired) electrons. The van der Waals surface area contributed by atoms with E-state index in [1.807, 2.05) is 0 Å². The maximum absolute atomic E-state index is 13.5. The summed E-state index contributed by atoms with van der Waals surface area (Å²) in [5, 5.41) is 9.57. The molecule has 0 aliphatic carbocycles. The van der Waals surface area contributed by atoms with Crippen LogP contribution >= 0.6 is 0 Å². The standard InChI is InChI=1S/C12H12FNO2/c1-2-8-6-11(16)14(7-8)12-9(13)4-3-5-10(12)15/h2-5,8,15H,1,6-7H2. The third kappa shape index (κ3) is 1.66. The number of hydrogen-bond donors (Lipinski definition) is 1. The first-order valence-corrected chi connectivity index (χ1v) is 5.04. The van der Waals surface area contributed by atoms with Crippen molar-refractivity contribution in [1.29, 1.82) is 0 Å². The summed E-state index contributed by atoms with van der Waals surface area (Å²) in [7, 11) is 0. The smallest absolute Gasteiger partial charge is 0.227 e. The van der Waals surface area contributed by atoms with E-state index in [0.29, 0.717) is 13.0 Å². The van der Waals surface area contributed by atoms with Gasteiger partial charge in [0.15, 0.2) is 5.82 Å². The molecule has 0 aromatic heterocycles. The maximum atomic E-state index is 13.5. The molecule has 1 aliphatic heterocycles. The van der Waals surface area contributed by atoms with Crippen molar-refractivity contribution in [2.24, 2.45) is 5.92 Å². The number of nitrogens with zero attached hydrogens (tertiary/aromatic N) is 1. The average molecular weight is 221 g/mol. The summed E-state index contributed by atoms with van der Waals surface area (Å²) in [6.45, 7) is 3.99. The van der Waals surface area contributed by atoms with Crippen molar-refractivity contribution in [3.05, 3.63) is 36.7 Å². The third-order valence-corrected chi connectivity index (χ3v) is 2.72. The first-order chi connectivity index (χ1) is 7.63. The lowest BCUT2D eigenvalue weighted by Crippen LogP contribution is -2.25. The van der Waals surface area contributed by atoms with Gasteiger partial charge in [-0.1, -0.05) is 12.1 Å². The zero-order valence-electron chi connectivity index (χ0n) is 8.69. The second kappa shape index (κ2) is 3.96. The first kappa shape index (κ1) is 10.7. The molecule has 0 bridgehead atoms. The largest absolute Gasteiger partial charge is 0.506 e. The highest BCUT2D eigenvalue weighted by Gasteiger charge is 2.31. The lowest BCUT2D eigenvalue weighted by molar-refractivity contribution is -0.117.